The molecule has 0 amide bonds. The number of benzene rings is 2. The van der Waals surface area contributed by atoms with Crippen LogP contribution in [0.3, 0.4) is 0 Å². The molecule has 0 radical (unpaired) electrons. The average Bonchev–Trinajstić information content (AvgIpc) is 3.91. The molecule has 1 N–H and O–H groups in total. The summed E-state index contributed by atoms with van der Waals surface area (Å²) in [7, 11) is -4.46. The number of allylic oxidation sites excluding steroid dienone is 2. The lowest BCUT2D eigenvalue weighted by Gasteiger charge is -2.16. The van der Waals surface area contributed by atoms with Crippen molar-refractivity contribution in [3.8, 4) is 32.5 Å². The lowest BCUT2D eigenvalue weighted by molar-refractivity contribution is 0.485. The predicted octanol–water partition coefficient (Wildman–Crippen LogP) is 12.1. The molecule has 0 spiro atoms. The molecule has 8 rings (SSSR count). The number of halogens is 6. The SMILES string of the molecule is O=S(=O)(O)c1cc2c(s1)-c1c(c(C(F)=CCCCC=C(F)c3nn(-c4ccc(Cl)cc4Cl)c4c3CCc3ccsc3-4)nn1-c1ccc(Cl)cc1Cl)CC2. The highest BCUT2D eigenvalue weighted by Gasteiger charge is 2.32. The minimum Gasteiger partial charge on any atom is -0.281 e. The number of thiophene rings is 2. The van der Waals surface area contributed by atoms with E-state index >= 15 is 8.78 Å². The van der Waals surface area contributed by atoms with E-state index in [-0.39, 0.29) is 20.6 Å². The molecular weight excluding hydrogens is 824 g/mol. The van der Waals surface area contributed by atoms with Crippen LogP contribution in [0.4, 0.5) is 8.78 Å². The van der Waals surface area contributed by atoms with Crippen LogP contribution in [0.2, 0.25) is 20.1 Å². The maximum Gasteiger partial charge on any atom is 0.304 e. The fourth-order valence-corrected chi connectivity index (χ4v) is 10.8. The fourth-order valence-electron chi connectivity index (χ4n) is 6.82. The van der Waals surface area contributed by atoms with E-state index in [2.05, 4.69) is 11.2 Å². The van der Waals surface area contributed by atoms with E-state index in [9.17, 15) is 13.0 Å². The van der Waals surface area contributed by atoms with Crippen molar-refractivity contribution in [1.82, 2.24) is 19.6 Å². The molecule has 53 heavy (non-hydrogen) atoms. The first-order valence-electron chi connectivity index (χ1n) is 16.4. The van der Waals surface area contributed by atoms with Gasteiger partial charge in [0, 0.05) is 21.2 Å². The molecule has 16 heteroatoms. The van der Waals surface area contributed by atoms with E-state index in [1.54, 1.807) is 52.4 Å². The van der Waals surface area contributed by atoms with E-state index in [1.165, 1.54) is 28.5 Å². The first-order chi connectivity index (χ1) is 25.4. The topological polar surface area (TPSA) is 90.0 Å². The van der Waals surface area contributed by atoms with Crippen LogP contribution < -0.4 is 0 Å². The van der Waals surface area contributed by atoms with Gasteiger partial charge in [0.2, 0.25) is 0 Å². The van der Waals surface area contributed by atoms with Crippen LogP contribution >= 0.6 is 69.1 Å². The summed E-state index contributed by atoms with van der Waals surface area (Å²) in [6, 6.07) is 13.5. The van der Waals surface area contributed by atoms with E-state index in [1.807, 2.05) is 5.38 Å². The first kappa shape index (κ1) is 36.6. The molecular formula is C37H26Cl4F2N4O3S3. The molecule has 0 aliphatic heterocycles. The smallest absolute Gasteiger partial charge is 0.281 e. The first-order valence-corrected chi connectivity index (χ1v) is 21.1. The molecule has 0 bridgehead atoms. The van der Waals surface area contributed by atoms with Gasteiger partial charge in [-0.3, -0.25) is 4.55 Å². The zero-order chi connectivity index (χ0) is 37.2. The third-order valence-corrected chi connectivity index (χ3v) is 13.8. The van der Waals surface area contributed by atoms with E-state index in [0.717, 1.165) is 33.9 Å². The molecule has 0 saturated carbocycles. The Balaban J connectivity index is 1.07. The van der Waals surface area contributed by atoms with Crippen LogP contribution in [0.1, 0.15) is 52.9 Å². The van der Waals surface area contributed by atoms with Crippen LogP contribution in [0.5, 0.6) is 0 Å². The van der Waals surface area contributed by atoms with Crippen molar-refractivity contribution in [1.29, 1.82) is 0 Å². The predicted molar refractivity (Wildman–Crippen MR) is 210 cm³/mol. The Morgan fingerprint density at radius 3 is 1.81 bits per heavy atom. The van der Waals surface area contributed by atoms with Crippen LogP contribution in [0.25, 0.3) is 44.2 Å². The second-order valence-electron chi connectivity index (χ2n) is 12.6. The highest BCUT2D eigenvalue weighted by Crippen LogP contribution is 2.46. The second kappa shape index (κ2) is 14.4. The number of unbranched alkanes of at least 4 members (excludes halogenated alkanes) is 2. The lowest BCUT2D eigenvalue weighted by Crippen LogP contribution is -2.05. The minimum absolute atomic E-state index is 0.103. The van der Waals surface area contributed by atoms with Gasteiger partial charge in [0.25, 0.3) is 0 Å². The van der Waals surface area contributed by atoms with Crippen LogP contribution in [-0.4, -0.2) is 32.5 Å². The summed E-state index contributed by atoms with van der Waals surface area (Å²) < 4.78 is 68.7. The zero-order valence-corrected chi connectivity index (χ0v) is 32.8. The monoisotopic (exact) mass is 848 g/mol. The summed E-state index contributed by atoms with van der Waals surface area (Å²) in [6.07, 6.45) is 6.17. The quantitative estimate of drug-likeness (QED) is 0.116. The summed E-state index contributed by atoms with van der Waals surface area (Å²) in [5.41, 5.74) is 5.98. The second-order valence-corrected chi connectivity index (χ2v) is 17.9. The summed E-state index contributed by atoms with van der Waals surface area (Å²) >= 11 is 27.9. The van der Waals surface area contributed by atoms with E-state index in [4.69, 9.17) is 51.5 Å². The molecule has 0 unspecified atom stereocenters. The molecule has 4 aromatic heterocycles. The Kier molecular flexibility index (Phi) is 9.95. The highest BCUT2D eigenvalue weighted by molar-refractivity contribution is 7.88. The van der Waals surface area contributed by atoms with E-state index < -0.39 is 21.8 Å². The summed E-state index contributed by atoms with van der Waals surface area (Å²) in [5.74, 6) is -1.03. The third-order valence-electron chi connectivity index (χ3n) is 9.26. The number of aryl methyl sites for hydroxylation is 2. The molecule has 0 atom stereocenters. The maximum absolute atomic E-state index is 16.0. The molecule has 0 fully saturated rings. The van der Waals surface area contributed by atoms with Crippen molar-refractivity contribution in [2.75, 3.05) is 0 Å². The Hall–Kier alpha value is -3.33. The molecule has 2 aliphatic carbocycles. The summed E-state index contributed by atoms with van der Waals surface area (Å²) in [4.78, 5) is 1.58. The van der Waals surface area contributed by atoms with Gasteiger partial charge >= 0.3 is 10.1 Å². The molecule has 0 saturated heterocycles. The van der Waals surface area contributed by atoms with Crippen molar-refractivity contribution < 1.29 is 21.8 Å². The minimum atomic E-state index is -4.46. The Bertz CT molecular complexity index is 2620. The molecule has 4 heterocycles. The molecule has 6 aromatic rings. The Morgan fingerprint density at radius 1 is 0.755 bits per heavy atom. The maximum atomic E-state index is 16.0. The standard InChI is InChI=1S/C37H26Cl4F2N4O3S3/c38-21-8-12-29(25(40)17-21)46-34-23(10-6-19-14-15-51-36(19)34)32(44-46)27(42)4-2-1-3-5-28(43)33-24-11-7-20-16-31(53(48,49)50)52-37(20)35(24)47(45-33)30-13-9-22(39)18-26(30)41/h4-5,8-9,12-18H,1-3,6-7,10-11H2,(H,48,49,50). The molecule has 7 nitrogen and oxygen atoms in total. The largest absolute Gasteiger partial charge is 0.304 e. The van der Waals surface area contributed by atoms with Crippen molar-refractivity contribution in [2.24, 2.45) is 0 Å². The third kappa shape index (κ3) is 6.82. The van der Waals surface area contributed by atoms with Gasteiger partial charge in [0.1, 0.15) is 27.3 Å². The highest BCUT2D eigenvalue weighted by atomic mass is 35.5. The van der Waals surface area contributed by atoms with Gasteiger partial charge in [-0.05, 0) is 122 Å². The Morgan fingerprint density at radius 2 is 1.28 bits per heavy atom. The van der Waals surface area contributed by atoms with Gasteiger partial charge in [-0.15, -0.1) is 22.7 Å². The normalized spacial score (nSPS) is 14.2. The van der Waals surface area contributed by atoms with Crippen molar-refractivity contribution in [3.63, 3.8) is 0 Å². The van der Waals surface area contributed by atoms with Gasteiger partial charge < -0.3 is 0 Å². The number of hydrogen-bond acceptors (Lipinski definition) is 6. The number of rotatable bonds is 9. The molecule has 2 aromatic carbocycles. The summed E-state index contributed by atoms with van der Waals surface area (Å²) in [6.45, 7) is 0. The van der Waals surface area contributed by atoms with Gasteiger partial charge in [-0.25, -0.2) is 18.1 Å². The lowest BCUT2D eigenvalue weighted by atomic mass is 9.94. The number of nitrogens with zero attached hydrogens (tertiary/aromatic N) is 4. The van der Waals surface area contributed by atoms with Crippen LogP contribution in [-0.2, 0) is 35.8 Å². The van der Waals surface area contributed by atoms with Crippen LogP contribution in [0, 0.1) is 0 Å². The molecule has 272 valence electrons. The Labute approximate surface area is 331 Å². The van der Waals surface area contributed by atoms with Gasteiger partial charge in [-0.1, -0.05) is 46.4 Å². The van der Waals surface area contributed by atoms with E-state index in [0.29, 0.717) is 86.7 Å². The fraction of sp³-hybridized carbons (Fsp3) is 0.189. The summed E-state index contributed by atoms with van der Waals surface area (Å²) in [5, 5.41) is 12.9. The van der Waals surface area contributed by atoms with Crippen molar-refractivity contribution >= 4 is 90.8 Å². The number of hydrogen-bond donors (Lipinski definition) is 1. The average molecular weight is 851 g/mol. The van der Waals surface area contributed by atoms with Crippen LogP contribution in [0.15, 0.2) is 70.3 Å². The number of aromatic nitrogens is 4. The molecule has 2 aliphatic rings. The van der Waals surface area contributed by atoms with Gasteiger partial charge in [0.15, 0.2) is 0 Å². The van der Waals surface area contributed by atoms with Gasteiger partial charge in [0.05, 0.1) is 42.6 Å². The zero-order valence-electron chi connectivity index (χ0n) is 27.3. The van der Waals surface area contributed by atoms with Crippen molar-refractivity contribution in [2.45, 2.75) is 49.2 Å². The van der Waals surface area contributed by atoms with Gasteiger partial charge in [-0.2, -0.15) is 18.6 Å². The number of fused-ring (bicyclic) bond motifs is 6. The van der Waals surface area contributed by atoms with Crippen molar-refractivity contribution in [3.05, 3.63) is 120 Å².